The van der Waals surface area contributed by atoms with Crippen LogP contribution in [0.25, 0.3) is 0 Å². The Morgan fingerprint density at radius 2 is 2.15 bits per heavy atom. The lowest BCUT2D eigenvalue weighted by molar-refractivity contribution is -0.914. The molecule has 8 heteroatoms. The van der Waals surface area contributed by atoms with Crippen LogP contribution in [0.2, 0.25) is 0 Å². The predicted octanol–water partition coefficient (Wildman–Crippen LogP) is 2.19. The smallest absolute Gasteiger partial charge is 0.206 e. The Morgan fingerprint density at radius 3 is 2.89 bits per heavy atom. The molecule has 2 aromatic rings. The number of nitrogens with one attached hydrogen (secondary N) is 2. The van der Waals surface area contributed by atoms with E-state index in [4.69, 9.17) is 9.47 Å². The highest BCUT2D eigenvalue weighted by atomic mass is 32.2. The molecule has 0 bridgehead atoms. The standard InChI is InChI=1S/C19H28N4O2S2/c1-14(2)11-23-8-9-25-17(12-23)13-26-19-22-21-18(27-19)20-10-15-4-6-16(24-3)7-5-15/h4-7,14,17H,8-13H2,1-3H3,(H,20,21)/p+1/t17-/m1/s1. The third kappa shape index (κ3) is 6.64. The van der Waals surface area contributed by atoms with Gasteiger partial charge in [0.05, 0.1) is 20.3 Å². The average Bonchev–Trinajstić information content (AvgIpc) is 3.13. The van der Waals surface area contributed by atoms with Gasteiger partial charge in [-0.25, -0.2) is 0 Å². The number of hydrogen-bond acceptors (Lipinski definition) is 7. The van der Waals surface area contributed by atoms with Crippen molar-refractivity contribution >= 4 is 28.2 Å². The van der Waals surface area contributed by atoms with Crippen molar-refractivity contribution in [2.75, 3.05) is 44.4 Å². The minimum Gasteiger partial charge on any atom is -0.497 e. The Labute approximate surface area is 169 Å². The molecule has 2 heterocycles. The molecule has 6 nitrogen and oxygen atoms in total. The zero-order chi connectivity index (χ0) is 19.1. The van der Waals surface area contributed by atoms with Gasteiger partial charge < -0.3 is 19.7 Å². The second-order valence-electron chi connectivity index (χ2n) is 7.18. The summed E-state index contributed by atoms with van der Waals surface area (Å²) in [6, 6.07) is 8.03. The van der Waals surface area contributed by atoms with Gasteiger partial charge in [-0.15, -0.1) is 10.2 Å². The van der Waals surface area contributed by atoms with Crippen LogP contribution in [0.1, 0.15) is 19.4 Å². The van der Waals surface area contributed by atoms with E-state index in [2.05, 4.69) is 29.4 Å². The summed E-state index contributed by atoms with van der Waals surface area (Å²) in [5, 5.41) is 12.7. The largest absolute Gasteiger partial charge is 0.497 e. The molecule has 1 saturated heterocycles. The zero-order valence-electron chi connectivity index (χ0n) is 16.2. The van der Waals surface area contributed by atoms with E-state index < -0.39 is 0 Å². The topological polar surface area (TPSA) is 60.7 Å². The molecule has 0 radical (unpaired) electrons. The highest BCUT2D eigenvalue weighted by Gasteiger charge is 2.24. The van der Waals surface area contributed by atoms with Crippen molar-refractivity contribution in [2.24, 2.45) is 5.92 Å². The number of hydrogen-bond donors (Lipinski definition) is 2. The number of aromatic nitrogens is 2. The number of methoxy groups -OCH3 is 1. The van der Waals surface area contributed by atoms with Gasteiger partial charge in [0.25, 0.3) is 0 Å². The Bertz CT molecular complexity index is 693. The van der Waals surface area contributed by atoms with Gasteiger partial charge in [-0.2, -0.15) is 0 Å². The molecule has 27 heavy (non-hydrogen) atoms. The predicted molar refractivity (Wildman–Crippen MR) is 111 cm³/mol. The summed E-state index contributed by atoms with van der Waals surface area (Å²) in [7, 11) is 1.68. The number of morpholine rings is 1. The average molecular weight is 410 g/mol. The number of nitrogens with zero attached hydrogens (tertiary/aromatic N) is 2. The third-order valence-corrected chi connectivity index (χ3v) is 6.57. The SMILES string of the molecule is COc1ccc(CNc2nnc(SC[C@H]3C[NH+](CC(C)C)CCO3)s2)cc1. The fourth-order valence-corrected chi connectivity index (χ4v) is 4.94. The van der Waals surface area contributed by atoms with Gasteiger partial charge in [-0.3, -0.25) is 0 Å². The normalized spacial score (nSPS) is 20.0. The number of thioether (sulfide) groups is 1. The molecular formula is C19H29N4O2S2+. The Kier molecular flexibility index (Phi) is 7.75. The fraction of sp³-hybridized carbons (Fsp3) is 0.579. The van der Waals surface area contributed by atoms with Crippen LogP contribution in [0.3, 0.4) is 0 Å². The Balaban J connectivity index is 1.42. The summed E-state index contributed by atoms with van der Waals surface area (Å²) in [5.41, 5.74) is 1.18. The lowest BCUT2D eigenvalue weighted by atomic mass is 10.2. The van der Waals surface area contributed by atoms with Crippen LogP contribution < -0.4 is 15.0 Å². The second kappa shape index (κ2) is 10.3. The van der Waals surface area contributed by atoms with Crippen molar-refractivity contribution < 1.29 is 14.4 Å². The van der Waals surface area contributed by atoms with E-state index in [-0.39, 0.29) is 0 Å². The maximum atomic E-state index is 5.93. The van der Waals surface area contributed by atoms with Crippen molar-refractivity contribution in [1.29, 1.82) is 0 Å². The van der Waals surface area contributed by atoms with E-state index in [1.54, 1.807) is 35.1 Å². The molecule has 1 aromatic carbocycles. The maximum absolute atomic E-state index is 5.93. The van der Waals surface area contributed by atoms with Gasteiger partial charge in [-0.05, 0) is 17.7 Å². The van der Waals surface area contributed by atoms with Crippen LogP contribution in [0, 0.1) is 5.92 Å². The molecule has 0 spiro atoms. The summed E-state index contributed by atoms with van der Waals surface area (Å²) in [5.74, 6) is 2.54. The first kappa shape index (κ1) is 20.4. The minimum atomic E-state index is 0.303. The molecule has 0 aliphatic carbocycles. The zero-order valence-corrected chi connectivity index (χ0v) is 17.9. The molecule has 148 valence electrons. The molecule has 1 fully saturated rings. The summed E-state index contributed by atoms with van der Waals surface area (Å²) in [4.78, 5) is 1.65. The van der Waals surface area contributed by atoms with Gasteiger partial charge >= 0.3 is 0 Å². The highest BCUT2D eigenvalue weighted by Crippen LogP contribution is 2.27. The first-order valence-corrected chi connectivity index (χ1v) is 11.2. The van der Waals surface area contributed by atoms with Gasteiger partial charge in [0.1, 0.15) is 24.9 Å². The quantitative estimate of drug-likeness (QED) is 0.619. The Hall–Kier alpha value is -1.35. The third-order valence-electron chi connectivity index (χ3n) is 4.42. The van der Waals surface area contributed by atoms with Crippen molar-refractivity contribution in [2.45, 2.75) is 30.8 Å². The monoisotopic (exact) mass is 409 g/mol. The lowest BCUT2D eigenvalue weighted by Crippen LogP contribution is -3.15. The van der Waals surface area contributed by atoms with Crippen molar-refractivity contribution in [1.82, 2.24) is 10.2 Å². The van der Waals surface area contributed by atoms with E-state index in [1.165, 1.54) is 12.1 Å². The van der Waals surface area contributed by atoms with Crippen molar-refractivity contribution in [3.63, 3.8) is 0 Å². The van der Waals surface area contributed by atoms with Crippen molar-refractivity contribution in [3.05, 3.63) is 29.8 Å². The molecule has 3 rings (SSSR count). The summed E-state index contributed by atoms with van der Waals surface area (Å²) >= 11 is 3.35. The Morgan fingerprint density at radius 1 is 1.33 bits per heavy atom. The number of quaternary nitrogens is 1. The molecule has 0 amide bonds. The summed E-state index contributed by atoms with van der Waals surface area (Å²) in [6.07, 6.45) is 0.303. The number of ether oxygens (including phenoxy) is 2. The van der Waals surface area contributed by atoms with Crippen LogP contribution in [0.4, 0.5) is 5.13 Å². The molecule has 1 aliphatic heterocycles. The van der Waals surface area contributed by atoms with Crippen LogP contribution in [-0.4, -0.2) is 55.4 Å². The molecule has 2 atom stereocenters. The minimum absolute atomic E-state index is 0.303. The van der Waals surface area contributed by atoms with E-state index in [0.29, 0.717) is 6.10 Å². The van der Waals surface area contributed by atoms with Gasteiger partial charge in [0, 0.05) is 18.2 Å². The van der Waals surface area contributed by atoms with Crippen LogP contribution in [0.5, 0.6) is 5.75 Å². The molecule has 1 aromatic heterocycles. The number of benzene rings is 1. The van der Waals surface area contributed by atoms with E-state index in [1.807, 2.05) is 24.3 Å². The number of anilines is 1. The summed E-state index contributed by atoms with van der Waals surface area (Å²) < 4.78 is 12.1. The van der Waals surface area contributed by atoms with E-state index in [9.17, 15) is 0 Å². The van der Waals surface area contributed by atoms with Crippen LogP contribution in [-0.2, 0) is 11.3 Å². The molecule has 1 unspecified atom stereocenters. The second-order valence-corrected chi connectivity index (χ2v) is 9.43. The number of rotatable bonds is 9. The van der Waals surface area contributed by atoms with E-state index >= 15 is 0 Å². The van der Waals surface area contributed by atoms with Crippen molar-refractivity contribution in [3.8, 4) is 5.75 Å². The molecule has 1 aliphatic rings. The molecule has 2 N–H and O–H groups in total. The van der Waals surface area contributed by atoms with E-state index in [0.717, 1.165) is 53.1 Å². The summed E-state index contributed by atoms with van der Waals surface area (Å²) in [6.45, 7) is 9.59. The van der Waals surface area contributed by atoms with Gasteiger partial charge in [0.15, 0.2) is 4.34 Å². The van der Waals surface area contributed by atoms with Gasteiger partial charge in [0.2, 0.25) is 5.13 Å². The van der Waals surface area contributed by atoms with Crippen LogP contribution >= 0.6 is 23.1 Å². The molecular weight excluding hydrogens is 380 g/mol. The first-order valence-electron chi connectivity index (χ1n) is 9.40. The molecule has 0 saturated carbocycles. The lowest BCUT2D eigenvalue weighted by Gasteiger charge is -2.30. The van der Waals surface area contributed by atoms with Gasteiger partial charge in [-0.1, -0.05) is 49.1 Å². The maximum Gasteiger partial charge on any atom is 0.206 e. The van der Waals surface area contributed by atoms with Crippen LogP contribution in [0.15, 0.2) is 28.6 Å². The fourth-order valence-electron chi connectivity index (χ4n) is 3.15. The first-order chi connectivity index (χ1) is 13.1. The highest BCUT2D eigenvalue weighted by molar-refractivity contribution is 8.01.